The number of ether oxygens (including phenoxy) is 1. The SMILES string of the molecule is Cc1c(Cl)nc(OC[C@@]23CCCN2C[C@H](F)C3)nc1N1CCC[C@@](C)(O)C1. The largest absolute Gasteiger partial charge is 0.461 e. The van der Waals surface area contributed by atoms with Gasteiger partial charge in [0.25, 0.3) is 0 Å². The summed E-state index contributed by atoms with van der Waals surface area (Å²) in [4.78, 5) is 13.1. The van der Waals surface area contributed by atoms with E-state index in [-0.39, 0.29) is 11.5 Å². The number of alkyl halides is 1. The second kappa shape index (κ2) is 7.01. The van der Waals surface area contributed by atoms with Crippen molar-refractivity contribution in [3.05, 3.63) is 10.7 Å². The van der Waals surface area contributed by atoms with Crippen LogP contribution in [0.2, 0.25) is 5.15 Å². The van der Waals surface area contributed by atoms with E-state index in [0.717, 1.165) is 44.3 Å². The minimum absolute atomic E-state index is 0.231. The van der Waals surface area contributed by atoms with Crippen molar-refractivity contribution in [1.29, 1.82) is 0 Å². The maximum Gasteiger partial charge on any atom is 0.319 e. The van der Waals surface area contributed by atoms with Crippen molar-refractivity contribution in [3.63, 3.8) is 0 Å². The Morgan fingerprint density at radius 3 is 2.85 bits per heavy atom. The van der Waals surface area contributed by atoms with Gasteiger partial charge in [-0.25, -0.2) is 4.39 Å². The van der Waals surface area contributed by atoms with Crippen LogP contribution in [0.5, 0.6) is 6.01 Å². The fourth-order valence-electron chi connectivity index (χ4n) is 4.88. The van der Waals surface area contributed by atoms with Crippen LogP contribution < -0.4 is 9.64 Å². The first-order valence-electron chi connectivity index (χ1n) is 9.81. The lowest BCUT2D eigenvalue weighted by Crippen LogP contribution is -2.47. The summed E-state index contributed by atoms with van der Waals surface area (Å²) in [6.45, 7) is 6.83. The van der Waals surface area contributed by atoms with E-state index >= 15 is 0 Å². The minimum Gasteiger partial charge on any atom is -0.461 e. The number of aromatic nitrogens is 2. The van der Waals surface area contributed by atoms with Crippen molar-refractivity contribution in [2.75, 3.05) is 37.7 Å². The van der Waals surface area contributed by atoms with Gasteiger partial charge in [0.15, 0.2) is 0 Å². The van der Waals surface area contributed by atoms with Crippen molar-refractivity contribution in [3.8, 4) is 6.01 Å². The molecule has 3 aliphatic heterocycles. The smallest absolute Gasteiger partial charge is 0.319 e. The van der Waals surface area contributed by atoms with Crippen LogP contribution in [0.4, 0.5) is 10.2 Å². The lowest BCUT2D eigenvalue weighted by atomic mass is 9.95. The maximum atomic E-state index is 13.9. The molecule has 6 nitrogen and oxygen atoms in total. The van der Waals surface area contributed by atoms with Gasteiger partial charge in [0, 0.05) is 31.6 Å². The van der Waals surface area contributed by atoms with Crippen molar-refractivity contribution < 1.29 is 14.2 Å². The molecule has 27 heavy (non-hydrogen) atoms. The molecule has 4 heterocycles. The van der Waals surface area contributed by atoms with Crippen molar-refractivity contribution in [1.82, 2.24) is 14.9 Å². The van der Waals surface area contributed by atoms with Crippen LogP contribution in [-0.4, -0.2) is 70.1 Å². The molecule has 3 fully saturated rings. The fraction of sp³-hybridized carbons (Fsp3) is 0.789. The number of fused-ring (bicyclic) bond motifs is 1. The first kappa shape index (κ1) is 19.2. The minimum atomic E-state index is -0.789. The van der Waals surface area contributed by atoms with Gasteiger partial charge in [0.1, 0.15) is 23.7 Å². The predicted octanol–water partition coefficient (Wildman–Crippen LogP) is 2.74. The highest BCUT2D eigenvalue weighted by Gasteiger charge is 2.49. The van der Waals surface area contributed by atoms with Crippen LogP contribution in [0, 0.1) is 6.92 Å². The highest BCUT2D eigenvalue weighted by atomic mass is 35.5. The Hall–Kier alpha value is -1.18. The molecule has 0 radical (unpaired) electrons. The van der Waals surface area contributed by atoms with Gasteiger partial charge in [0.05, 0.1) is 11.1 Å². The van der Waals surface area contributed by atoms with Gasteiger partial charge in [-0.3, -0.25) is 4.90 Å². The van der Waals surface area contributed by atoms with Crippen LogP contribution in [0.15, 0.2) is 0 Å². The summed E-state index contributed by atoms with van der Waals surface area (Å²) in [6.07, 6.45) is 3.39. The van der Waals surface area contributed by atoms with E-state index < -0.39 is 11.8 Å². The number of halogens is 2. The summed E-state index contributed by atoms with van der Waals surface area (Å²) in [5, 5.41) is 10.8. The summed E-state index contributed by atoms with van der Waals surface area (Å²) in [5.41, 5.74) is -0.200. The number of aliphatic hydroxyl groups is 1. The van der Waals surface area contributed by atoms with E-state index in [0.29, 0.717) is 37.1 Å². The quantitative estimate of drug-likeness (QED) is 0.787. The Morgan fingerprint density at radius 1 is 1.30 bits per heavy atom. The number of hydrogen-bond donors (Lipinski definition) is 1. The molecule has 0 aromatic carbocycles. The van der Waals surface area contributed by atoms with Gasteiger partial charge in [-0.1, -0.05) is 11.6 Å². The lowest BCUT2D eigenvalue weighted by Gasteiger charge is -2.38. The van der Waals surface area contributed by atoms with E-state index in [1.807, 2.05) is 18.7 Å². The number of rotatable bonds is 4. The van der Waals surface area contributed by atoms with Crippen molar-refractivity contribution in [2.45, 2.75) is 63.3 Å². The van der Waals surface area contributed by atoms with E-state index in [9.17, 15) is 9.50 Å². The van der Waals surface area contributed by atoms with E-state index in [2.05, 4.69) is 14.9 Å². The number of hydrogen-bond acceptors (Lipinski definition) is 6. The van der Waals surface area contributed by atoms with Gasteiger partial charge in [-0.15, -0.1) is 0 Å². The molecular formula is C19H28ClFN4O2. The number of nitrogens with zero attached hydrogens (tertiary/aromatic N) is 4. The van der Waals surface area contributed by atoms with Gasteiger partial charge < -0.3 is 14.7 Å². The fourth-order valence-corrected chi connectivity index (χ4v) is 5.04. The molecule has 3 aliphatic rings. The van der Waals surface area contributed by atoms with Gasteiger partial charge >= 0.3 is 6.01 Å². The second-order valence-electron chi connectivity index (χ2n) is 8.63. The molecule has 0 saturated carbocycles. The van der Waals surface area contributed by atoms with Gasteiger partial charge in [0.2, 0.25) is 0 Å². The molecule has 0 aliphatic carbocycles. The van der Waals surface area contributed by atoms with Gasteiger partial charge in [-0.05, 0) is 46.1 Å². The topological polar surface area (TPSA) is 61.7 Å². The molecular weight excluding hydrogens is 371 g/mol. The third-order valence-electron chi connectivity index (χ3n) is 6.25. The first-order valence-corrected chi connectivity index (χ1v) is 10.2. The molecule has 0 amide bonds. The normalized spacial score (nSPS) is 34.1. The predicted molar refractivity (Wildman–Crippen MR) is 102 cm³/mol. The Balaban J connectivity index is 1.53. The Kier molecular flexibility index (Phi) is 4.97. The summed E-state index contributed by atoms with van der Waals surface area (Å²) in [5.74, 6) is 0.709. The monoisotopic (exact) mass is 398 g/mol. The van der Waals surface area contributed by atoms with E-state index in [4.69, 9.17) is 16.3 Å². The highest BCUT2D eigenvalue weighted by molar-refractivity contribution is 6.30. The Bertz CT molecular complexity index is 719. The summed E-state index contributed by atoms with van der Waals surface area (Å²) in [7, 11) is 0. The average Bonchev–Trinajstić information content (AvgIpc) is 3.10. The number of anilines is 1. The van der Waals surface area contributed by atoms with Crippen LogP contribution >= 0.6 is 11.6 Å². The second-order valence-corrected chi connectivity index (χ2v) is 8.99. The molecule has 0 unspecified atom stereocenters. The van der Waals surface area contributed by atoms with Crippen LogP contribution in [0.25, 0.3) is 0 Å². The molecule has 150 valence electrons. The lowest BCUT2D eigenvalue weighted by molar-refractivity contribution is 0.0446. The standard InChI is InChI=1S/C19H28ClFN4O2/c1-13-15(20)22-17(23-16(13)24-7-3-5-18(2,26)11-24)27-12-19-6-4-8-25(19)10-14(21)9-19/h14,26H,3-12H2,1-2H3/t14-,18-,19+/m1/s1. The zero-order valence-corrected chi connectivity index (χ0v) is 16.8. The summed E-state index contributed by atoms with van der Waals surface area (Å²) in [6, 6.07) is 0.231. The third-order valence-corrected chi connectivity index (χ3v) is 6.61. The summed E-state index contributed by atoms with van der Waals surface area (Å²) >= 11 is 6.35. The highest BCUT2D eigenvalue weighted by Crippen LogP contribution is 2.40. The van der Waals surface area contributed by atoms with E-state index in [1.165, 1.54) is 0 Å². The van der Waals surface area contributed by atoms with Crippen molar-refractivity contribution >= 4 is 17.4 Å². The summed E-state index contributed by atoms with van der Waals surface area (Å²) < 4.78 is 19.9. The number of β-amino-alcohol motifs (C(OH)–C–C–N with tert-alkyl or cyclic N) is 1. The molecule has 0 bridgehead atoms. The maximum absolute atomic E-state index is 13.9. The van der Waals surface area contributed by atoms with E-state index in [1.54, 1.807) is 0 Å². The van der Waals surface area contributed by atoms with Crippen LogP contribution in [0.1, 0.15) is 44.6 Å². The number of piperidine rings is 1. The molecule has 1 aromatic heterocycles. The molecule has 3 saturated heterocycles. The van der Waals surface area contributed by atoms with Crippen LogP contribution in [0.3, 0.4) is 0 Å². The first-order chi connectivity index (χ1) is 12.8. The Labute approximate surface area is 164 Å². The van der Waals surface area contributed by atoms with Crippen LogP contribution in [-0.2, 0) is 0 Å². The van der Waals surface area contributed by atoms with Crippen molar-refractivity contribution in [2.24, 2.45) is 0 Å². The molecule has 1 aromatic rings. The Morgan fingerprint density at radius 2 is 2.07 bits per heavy atom. The molecule has 4 rings (SSSR count). The molecule has 8 heteroatoms. The molecule has 3 atom stereocenters. The molecule has 0 spiro atoms. The zero-order chi connectivity index (χ0) is 19.2. The third kappa shape index (κ3) is 3.74. The average molecular weight is 399 g/mol. The van der Waals surface area contributed by atoms with Gasteiger partial charge in [-0.2, -0.15) is 9.97 Å². The zero-order valence-electron chi connectivity index (χ0n) is 16.0. The molecule has 1 N–H and O–H groups in total.